The molecule has 0 aliphatic rings. The molecule has 0 amide bonds. The van der Waals surface area contributed by atoms with E-state index in [-0.39, 0.29) is 0 Å². The first kappa shape index (κ1) is 17.9. The van der Waals surface area contributed by atoms with Crippen molar-refractivity contribution in [3.63, 3.8) is 0 Å². The minimum atomic E-state index is 0.675. The molecule has 2 aromatic rings. The summed E-state index contributed by atoms with van der Waals surface area (Å²) >= 11 is 0. The first-order valence-electron chi connectivity index (χ1n) is 8.43. The van der Waals surface area contributed by atoms with Gasteiger partial charge < -0.3 is 15.5 Å². The zero-order chi connectivity index (χ0) is 17.4. The predicted molar refractivity (Wildman–Crippen MR) is 104 cm³/mol. The largest absolute Gasteiger partial charge is 0.378 e. The highest BCUT2D eigenvalue weighted by Crippen LogP contribution is 2.17. The zero-order valence-electron chi connectivity index (χ0n) is 15.1. The Hall–Kier alpha value is -2.49. The Kier molecular flexibility index (Phi) is 6.67. The van der Waals surface area contributed by atoms with Gasteiger partial charge in [0.05, 0.1) is 6.54 Å². The first-order valence-corrected chi connectivity index (χ1v) is 8.43. The number of hydrogen-bond donors (Lipinski definition) is 2. The Morgan fingerprint density at radius 1 is 1.04 bits per heavy atom. The Balaban J connectivity index is 2.00. The van der Waals surface area contributed by atoms with Crippen LogP contribution in [0.4, 0.5) is 5.69 Å². The summed E-state index contributed by atoms with van der Waals surface area (Å²) in [7, 11) is 4.12. The van der Waals surface area contributed by atoms with Gasteiger partial charge in [-0.05, 0) is 42.7 Å². The molecule has 2 N–H and O–H groups in total. The molecule has 24 heavy (non-hydrogen) atoms. The highest BCUT2D eigenvalue weighted by Gasteiger charge is 2.03. The molecule has 0 atom stereocenters. The van der Waals surface area contributed by atoms with Crippen LogP contribution in [0.15, 0.2) is 53.5 Å². The van der Waals surface area contributed by atoms with Gasteiger partial charge in [0.25, 0.3) is 0 Å². The van der Waals surface area contributed by atoms with Gasteiger partial charge in [-0.1, -0.05) is 36.4 Å². The fourth-order valence-corrected chi connectivity index (χ4v) is 2.43. The highest BCUT2D eigenvalue weighted by atomic mass is 15.2. The number of nitrogens with zero attached hydrogens (tertiary/aromatic N) is 2. The van der Waals surface area contributed by atoms with Crippen LogP contribution in [-0.4, -0.2) is 26.6 Å². The maximum atomic E-state index is 4.66. The average molecular weight is 324 g/mol. The Morgan fingerprint density at radius 2 is 1.79 bits per heavy atom. The van der Waals surface area contributed by atoms with Gasteiger partial charge in [-0.2, -0.15) is 0 Å². The molecule has 0 fully saturated rings. The predicted octanol–water partition coefficient (Wildman–Crippen LogP) is 3.32. The zero-order valence-corrected chi connectivity index (χ0v) is 15.1. The molecular weight excluding hydrogens is 296 g/mol. The van der Waals surface area contributed by atoms with Crippen molar-refractivity contribution < 1.29 is 0 Å². The fourth-order valence-electron chi connectivity index (χ4n) is 2.43. The van der Waals surface area contributed by atoms with Gasteiger partial charge in [0.2, 0.25) is 0 Å². The molecule has 0 aliphatic heterocycles. The van der Waals surface area contributed by atoms with E-state index >= 15 is 0 Å². The molecule has 0 aromatic heterocycles. The fraction of sp³-hybridized carbons (Fsp3) is 0.350. The third kappa shape index (κ3) is 5.30. The third-order valence-corrected chi connectivity index (χ3v) is 3.90. The summed E-state index contributed by atoms with van der Waals surface area (Å²) in [5.41, 5.74) is 5.00. The third-order valence-electron chi connectivity index (χ3n) is 3.90. The quantitative estimate of drug-likeness (QED) is 0.632. The SMILES string of the molecule is CCNC(=NCc1ccccc1)NCc1ccc(N(C)C)cc1C. The summed E-state index contributed by atoms with van der Waals surface area (Å²) in [6.07, 6.45) is 0. The number of benzene rings is 2. The van der Waals surface area contributed by atoms with Crippen LogP contribution < -0.4 is 15.5 Å². The molecule has 0 radical (unpaired) electrons. The van der Waals surface area contributed by atoms with E-state index < -0.39 is 0 Å². The van der Waals surface area contributed by atoms with Crippen molar-refractivity contribution in [3.8, 4) is 0 Å². The standard InChI is InChI=1S/C20H28N4/c1-5-21-20(22-14-17-9-7-6-8-10-17)23-15-18-11-12-19(24(3)4)13-16(18)2/h6-13H,5,14-15H2,1-4H3,(H2,21,22,23). The van der Waals surface area contributed by atoms with E-state index in [1.807, 2.05) is 18.2 Å². The van der Waals surface area contributed by atoms with Crippen molar-refractivity contribution in [1.82, 2.24) is 10.6 Å². The summed E-state index contributed by atoms with van der Waals surface area (Å²) in [5.74, 6) is 0.845. The molecule has 128 valence electrons. The molecule has 0 saturated heterocycles. The van der Waals surface area contributed by atoms with E-state index in [1.165, 1.54) is 22.4 Å². The lowest BCUT2D eigenvalue weighted by atomic mass is 10.1. The molecule has 0 saturated carbocycles. The molecule has 0 heterocycles. The highest BCUT2D eigenvalue weighted by molar-refractivity contribution is 5.79. The lowest BCUT2D eigenvalue weighted by Crippen LogP contribution is -2.36. The van der Waals surface area contributed by atoms with Gasteiger partial charge in [-0.3, -0.25) is 0 Å². The number of anilines is 1. The van der Waals surface area contributed by atoms with Crippen LogP contribution in [0.25, 0.3) is 0 Å². The van der Waals surface area contributed by atoms with Crippen LogP contribution in [0.5, 0.6) is 0 Å². The summed E-state index contributed by atoms with van der Waals surface area (Å²) in [6.45, 7) is 6.52. The smallest absolute Gasteiger partial charge is 0.191 e. The van der Waals surface area contributed by atoms with Crippen LogP contribution in [0.3, 0.4) is 0 Å². The second-order valence-corrected chi connectivity index (χ2v) is 6.04. The van der Waals surface area contributed by atoms with E-state index in [1.54, 1.807) is 0 Å². The molecule has 0 bridgehead atoms. The Morgan fingerprint density at radius 3 is 2.42 bits per heavy atom. The van der Waals surface area contributed by atoms with Gasteiger partial charge in [-0.25, -0.2) is 4.99 Å². The molecule has 4 heteroatoms. The van der Waals surface area contributed by atoms with Gasteiger partial charge >= 0.3 is 0 Å². The maximum Gasteiger partial charge on any atom is 0.191 e. The number of guanidine groups is 1. The van der Waals surface area contributed by atoms with Crippen LogP contribution in [0.1, 0.15) is 23.6 Å². The number of rotatable bonds is 6. The van der Waals surface area contributed by atoms with E-state index in [4.69, 9.17) is 0 Å². The van der Waals surface area contributed by atoms with Crippen molar-refractivity contribution in [2.24, 2.45) is 4.99 Å². The summed E-state index contributed by atoms with van der Waals surface area (Å²) in [5, 5.41) is 6.72. The molecule has 0 spiro atoms. The summed E-state index contributed by atoms with van der Waals surface area (Å²) < 4.78 is 0. The van der Waals surface area contributed by atoms with Crippen molar-refractivity contribution in [2.45, 2.75) is 26.9 Å². The van der Waals surface area contributed by atoms with Crippen molar-refractivity contribution in [2.75, 3.05) is 25.5 Å². The normalized spacial score (nSPS) is 11.2. The molecule has 2 rings (SSSR count). The van der Waals surface area contributed by atoms with Gasteiger partial charge in [-0.15, -0.1) is 0 Å². The van der Waals surface area contributed by atoms with Crippen molar-refractivity contribution in [3.05, 3.63) is 65.2 Å². The Labute approximate surface area is 145 Å². The van der Waals surface area contributed by atoms with Gasteiger partial charge in [0.1, 0.15) is 0 Å². The van der Waals surface area contributed by atoms with Gasteiger partial charge in [0, 0.05) is 32.9 Å². The van der Waals surface area contributed by atoms with Gasteiger partial charge in [0.15, 0.2) is 5.96 Å². The molecule has 4 nitrogen and oxygen atoms in total. The van der Waals surface area contributed by atoms with Crippen molar-refractivity contribution >= 4 is 11.6 Å². The lowest BCUT2D eigenvalue weighted by Gasteiger charge is -2.16. The molecule has 0 unspecified atom stereocenters. The molecular formula is C20H28N4. The topological polar surface area (TPSA) is 39.7 Å². The van der Waals surface area contributed by atoms with E-state index in [2.05, 4.69) is 78.8 Å². The average Bonchev–Trinajstić information content (AvgIpc) is 2.59. The number of nitrogens with one attached hydrogen (secondary N) is 2. The van der Waals surface area contributed by atoms with Crippen molar-refractivity contribution in [1.29, 1.82) is 0 Å². The minimum absolute atomic E-state index is 0.675. The lowest BCUT2D eigenvalue weighted by molar-refractivity contribution is 0.812. The van der Waals surface area contributed by atoms with E-state index in [0.717, 1.165) is 19.0 Å². The van der Waals surface area contributed by atoms with Crippen LogP contribution >= 0.6 is 0 Å². The maximum absolute atomic E-state index is 4.66. The second kappa shape index (κ2) is 8.96. The Bertz CT molecular complexity index is 663. The minimum Gasteiger partial charge on any atom is -0.378 e. The summed E-state index contributed by atoms with van der Waals surface area (Å²) in [4.78, 5) is 6.78. The number of aryl methyl sites for hydroxylation is 1. The van der Waals surface area contributed by atoms with Crippen LogP contribution in [0.2, 0.25) is 0 Å². The van der Waals surface area contributed by atoms with E-state index in [0.29, 0.717) is 6.54 Å². The molecule has 2 aromatic carbocycles. The van der Waals surface area contributed by atoms with Crippen LogP contribution in [0, 0.1) is 6.92 Å². The monoisotopic (exact) mass is 324 g/mol. The van der Waals surface area contributed by atoms with Crippen LogP contribution in [-0.2, 0) is 13.1 Å². The van der Waals surface area contributed by atoms with E-state index in [9.17, 15) is 0 Å². The second-order valence-electron chi connectivity index (χ2n) is 6.04. The first-order chi connectivity index (χ1) is 11.6. The number of aliphatic imine (C=N–C) groups is 1. The molecule has 0 aliphatic carbocycles. The number of hydrogen-bond acceptors (Lipinski definition) is 2. The summed E-state index contributed by atoms with van der Waals surface area (Å²) in [6, 6.07) is 16.8.